The first-order chi connectivity index (χ1) is 12.8. The van der Waals surface area contributed by atoms with Crippen LogP contribution in [0.1, 0.15) is 22.7 Å². The minimum absolute atomic E-state index is 0.0949. The number of rotatable bonds is 5. The Hall–Kier alpha value is -3.10. The number of hydrogen-bond donors (Lipinski definition) is 2. The molecule has 128 valence electrons. The molecule has 0 aromatic heterocycles. The summed E-state index contributed by atoms with van der Waals surface area (Å²) in [5.74, 6) is 0.318. The maximum atomic E-state index is 10.7. The first-order valence-electron chi connectivity index (χ1n) is 8.86. The molecule has 0 fully saturated rings. The van der Waals surface area contributed by atoms with Crippen LogP contribution in [0.4, 0.5) is 0 Å². The molecule has 0 aliphatic carbocycles. The van der Waals surface area contributed by atoms with Gasteiger partial charge < -0.3 is 10.4 Å². The summed E-state index contributed by atoms with van der Waals surface area (Å²) in [7, 11) is 0. The molecule has 0 saturated heterocycles. The number of nitrogens with one attached hydrogen (secondary N) is 1. The standard InChI is InChI=1S/C24H21NO/c26-22-16-15-19-11-7-8-14-21(19)23(22)24(20-12-5-2-6-13-20)25-17-18-9-3-1-4-10-18/h1-16,24-26H,17H2. The van der Waals surface area contributed by atoms with E-state index in [2.05, 4.69) is 41.7 Å². The molecular formula is C24H21NO. The lowest BCUT2D eigenvalue weighted by Gasteiger charge is -2.23. The summed E-state index contributed by atoms with van der Waals surface area (Å²) >= 11 is 0. The van der Waals surface area contributed by atoms with E-state index < -0.39 is 0 Å². The van der Waals surface area contributed by atoms with Gasteiger partial charge in [0.25, 0.3) is 0 Å². The highest BCUT2D eigenvalue weighted by atomic mass is 16.3. The van der Waals surface area contributed by atoms with Crippen molar-refractivity contribution in [3.05, 3.63) is 114 Å². The summed E-state index contributed by atoms with van der Waals surface area (Å²) < 4.78 is 0. The molecule has 0 aliphatic heterocycles. The molecule has 1 atom stereocenters. The average Bonchev–Trinajstić information content (AvgIpc) is 2.71. The first kappa shape index (κ1) is 16.4. The predicted octanol–water partition coefficient (Wildman–Crippen LogP) is 5.42. The lowest BCUT2D eigenvalue weighted by atomic mass is 9.92. The molecule has 0 bridgehead atoms. The van der Waals surface area contributed by atoms with Crippen molar-refractivity contribution in [3.8, 4) is 5.75 Å². The molecule has 4 rings (SSSR count). The van der Waals surface area contributed by atoms with Crippen LogP contribution in [0.2, 0.25) is 0 Å². The van der Waals surface area contributed by atoms with Crippen molar-refractivity contribution in [1.82, 2.24) is 5.32 Å². The zero-order chi connectivity index (χ0) is 17.8. The number of aromatic hydroxyl groups is 1. The van der Waals surface area contributed by atoms with Gasteiger partial charge in [0.05, 0.1) is 6.04 Å². The summed E-state index contributed by atoms with van der Waals surface area (Å²) in [4.78, 5) is 0. The molecule has 4 aromatic carbocycles. The van der Waals surface area contributed by atoms with Crippen LogP contribution in [-0.4, -0.2) is 5.11 Å². The van der Waals surface area contributed by atoms with Crippen molar-refractivity contribution in [2.24, 2.45) is 0 Å². The molecule has 0 saturated carbocycles. The van der Waals surface area contributed by atoms with Crippen LogP contribution in [0.25, 0.3) is 10.8 Å². The average molecular weight is 339 g/mol. The van der Waals surface area contributed by atoms with Crippen LogP contribution in [0.15, 0.2) is 97.1 Å². The van der Waals surface area contributed by atoms with Crippen LogP contribution in [-0.2, 0) is 6.54 Å². The lowest BCUT2D eigenvalue weighted by Crippen LogP contribution is -2.22. The van der Waals surface area contributed by atoms with Crippen molar-refractivity contribution in [3.63, 3.8) is 0 Å². The first-order valence-corrected chi connectivity index (χ1v) is 8.86. The van der Waals surface area contributed by atoms with Gasteiger partial charge in [-0.3, -0.25) is 0 Å². The zero-order valence-corrected chi connectivity index (χ0v) is 14.5. The molecule has 0 amide bonds. The van der Waals surface area contributed by atoms with Gasteiger partial charge in [-0.25, -0.2) is 0 Å². The molecular weight excluding hydrogens is 318 g/mol. The van der Waals surface area contributed by atoms with Gasteiger partial charge in [0, 0.05) is 12.1 Å². The van der Waals surface area contributed by atoms with Crippen molar-refractivity contribution in [1.29, 1.82) is 0 Å². The number of phenols is 1. The Morgan fingerprint density at radius 2 is 1.35 bits per heavy atom. The van der Waals surface area contributed by atoms with Crippen molar-refractivity contribution in [2.45, 2.75) is 12.6 Å². The Bertz CT molecular complexity index is 996. The van der Waals surface area contributed by atoms with Gasteiger partial charge in [-0.05, 0) is 28.0 Å². The van der Waals surface area contributed by atoms with Gasteiger partial charge in [-0.2, -0.15) is 0 Å². The topological polar surface area (TPSA) is 32.3 Å². The fourth-order valence-electron chi connectivity index (χ4n) is 3.44. The third-order valence-electron chi connectivity index (χ3n) is 4.72. The molecule has 0 aliphatic rings. The Labute approximate surface area is 153 Å². The van der Waals surface area contributed by atoms with E-state index in [1.165, 1.54) is 5.56 Å². The van der Waals surface area contributed by atoms with Gasteiger partial charge >= 0.3 is 0 Å². The highest BCUT2D eigenvalue weighted by molar-refractivity contribution is 5.88. The molecule has 2 nitrogen and oxygen atoms in total. The predicted molar refractivity (Wildman–Crippen MR) is 107 cm³/mol. The summed E-state index contributed by atoms with van der Waals surface area (Å²) in [6.45, 7) is 0.725. The maximum Gasteiger partial charge on any atom is 0.121 e. The van der Waals surface area contributed by atoms with Crippen LogP contribution in [0.3, 0.4) is 0 Å². The van der Waals surface area contributed by atoms with E-state index in [0.29, 0.717) is 5.75 Å². The summed E-state index contributed by atoms with van der Waals surface area (Å²) in [6.07, 6.45) is 0. The lowest BCUT2D eigenvalue weighted by molar-refractivity contribution is 0.458. The van der Waals surface area contributed by atoms with Crippen LogP contribution in [0, 0.1) is 0 Å². The van der Waals surface area contributed by atoms with E-state index in [-0.39, 0.29) is 6.04 Å². The van der Waals surface area contributed by atoms with Gasteiger partial charge in [-0.15, -0.1) is 0 Å². The number of phenolic OH excluding ortho intramolecular Hbond substituents is 1. The van der Waals surface area contributed by atoms with E-state index in [4.69, 9.17) is 0 Å². The smallest absolute Gasteiger partial charge is 0.121 e. The normalized spacial score (nSPS) is 12.2. The molecule has 26 heavy (non-hydrogen) atoms. The molecule has 1 unspecified atom stereocenters. The van der Waals surface area contributed by atoms with E-state index in [1.54, 1.807) is 6.07 Å². The van der Waals surface area contributed by atoms with E-state index >= 15 is 0 Å². The van der Waals surface area contributed by atoms with Crippen molar-refractivity contribution < 1.29 is 5.11 Å². The second-order valence-electron chi connectivity index (χ2n) is 6.43. The third kappa shape index (κ3) is 3.32. The van der Waals surface area contributed by atoms with Crippen molar-refractivity contribution >= 4 is 10.8 Å². The Balaban J connectivity index is 1.80. The largest absolute Gasteiger partial charge is 0.508 e. The molecule has 4 aromatic rings. The van der Waals surface area contributed by atoms with E-state index in [9.17, 15) is 5.11 Å². The second kappa shape index (κ2) is 7.42. The molecule has 2 N–H and O–H groups in total. The Morgan fingerprint density at radius 1 is 0.692 bits per heavy atom. The van der Waals surface area contributed by atoms with Gasteiger partial charge in [0.1, 0.15) is 5.75 Å². The van der Waals surface area contributed by atoms with Gasteiger partial charge in [0.15, 0.2) is 0 Å². The molecule has 0 heterocycles. The molecule has 2 heteroatoms. The maximum absolute atomic E-state index is 10.7. The Morgan fingerprint density at radius 3 is 2.12 bits per heavy atom. The summed E-state index contributed by atoms with van der Waals surface area (Å²) in [5, 5.41) is 16.5. The monoisotopic (exact) mass is 339 g/mol. The number of hydrogen-bond acceptors (Lipinski definition) is 2. The highest BCUT2D eigenvalue weighted by Gasteiger charge is 2.20. The summed E-state index contributed by atoms with van der Waals surface area (Å²) in [6, 6.07) is 32.5. The van der Waals surface area contributed by atoms with Gasteiger partial charge in [-0.1, -0.05) is 91.0 Å². The quantitative estimate of drug-likeness (QED) is 0.508. The van der Waals surface area contributed by atoms with Gasteiger partial charge in [0.2, 0.25) is 0 Å². The Kier molecular flexibility index (Phi) is 4.67. The minimum atomic E-state index is -0.0949. The second-order valence-corrected chi connectivity index (χ2v) is 6.43. The fourth-order valence-corrected chi connectivity index (χ4v) is 3.44. The molecule has 0 spiro atoms. The third-order valence-corrected chi connectivity index (χ3v) is 4.72. The summed E-state index contributed by atoms with van der Waals surface area (Å²) in [5.41, 5.74) is 3.27. The van der Waals surface area contributed by atoms with Crippen molar-refractivity contribution in [2.75, 3.05) is 0 Å². The fraction of sp³-hybridized carbons (Fsp3) is 0.0833. The number of fused-ring (bicyclic) bond motifs is 1. The van der Waals surface area contributed by atoms with E-state index in [1.807, 2.05) is 54.6 Å². The minimum Gasteiger partial charge on any atom is -0.508 e. The van der Waals surface area contributed by atoms with Crippen LogP contribution >= 0.6 is 0 Å². The number of benzene rings is 4. The zero-order valence-electron chi connectivity index (χ0n) is 14.5. The molecule has 0 radical (unpaired) electrons. The van der Waals surface area contributed by atoms with Crippen LogP contribution < -0.4 is 5.32 Å². The van der Waals surface area contributed by atoms with E-state index in [0.717, 1.165) is 28.4 Å². The highest BCUT2D eigenvalue weighted by Crippen LogP contribution is 2.35. The SMILES string of the molecule is Oc1ccc2ccccc2c1C(NCc1ccccc1)c1ccccc1. The van der Waals surface area contributed by atoms with Crippen LogP contribution in [0.5, 0.6) is 5.75 Å².